The first-order valence-electron chi connectivity index (χ1n) is 9.14. The molecule has 0 aromatic heterocycles. The molecule has 1 atom stereocenters. The summed E-state index contributed by atoms with van der Waals surface area (Å²) in [7, 11) is -2.32. The molecule has 2 aromatic rings. The normalized spacial score (nSPS) is 12.7. The molecule has 2 rings (SSSR count). The van der Waals surface area contributed by atoms with Gasteiger partial charge in [0.2, 0.25) is 15.9 Å². The zero-order valence-corrected chi connectivity index (χ0v) is 18.0. The van der Waals surface area contributed by atoms with Gasteiger partial charge in [0, 0.05) is 5.69 Å². The van der Waals surface area contributed by atoms with Crippen molar-refractivity contribution in [3.63, 3.8) is 0 Å². The van der Waals surface area contributed by atoms with E-state index in [2.05, 4.69) is 10.0 Å². The van der Waals surface area contributed by atoms with Gasteiger partial charge in [0.25, 0.3) is 0 Å². The topological polar surface area (TPSA) is 84.5 Å². The zero-order valence-electron chi connectivity index (χ0n) is 17.2. The number of anilines is 1. The highest BCUT2D eigenvalue weighted by Gasteiger charge is 2.24. The number of nitrogens with one attached hydrogen (secondary N) is 2. The van der Waals surface area contributed by atoms with Crippen LogP contribution in [0.1, 0.15) is 43.4 Å². The molecule has 0 bridgehead atoms. The minimum atomic E-state index is -3.85. The molecule has 0 aliphatic rings. The fourth-order valence-electron chi connectivity index (χ4n) is 2.95. The number of sulfonamides is 1. The van der Waals surface area contributed by atoms with Crippen LogP contribution in [0.3, 0.4) is 0 Å². The highest BCUT2D eigenvalue weighted by Crippen LogP contribution is 2.27. The van der Waals surface area contributed by atoms with E-state index in [1.54, 1.807) is 13.0 Å². The van der Waals surface area contributed by atoms with Crippen molar-refractivity contribution in [2.45, 2.75) is 51.5 Å². The molecule has 2 N–H and O–H groups in total. The average molecular weight is 405 g/mol. The van der Waals surface area contributed by atoms with Gasteiger partial charge in [-0.15, -0.1) is 0 Å². The fourth-order valence-corrected chi connectivity index (χ4v) is 4.23. The molecule has 152 valence electrons. The summed E-state index contributed by atoms with van der Waals surface area (Å²) >= 11 is 0. The second-order valence-electron chi connectivity index (χ2n) is 7.16. The van der Waals surface area contributed by atoms with E-state index in [1.165, 1.54) is 26.2 Å². The standard InChI is InChI=1S/C21H28N2O4S/c1-13(2)18-9-7-8-14(3)20(18)22-21(24)16(5)23-28(25,26)17-10-11-19(27-6)15(4)12-17/h7-13,16,23H,1-6H3,(H,22,24)/t16-/m0/s1. The molecule has 0 radical (unpaired) electrons. The van der Waals surface area contributed by atoms with Crippen molar-refractivity contribution in [2.75, 3.05) is 12.4 Å². The lowest BCUT2D eigenvalue weighted by Gasteiger charge is -2.19. The number of methoxy groups -OCH3 is 1. The highest BCUT2D eigenvalue weighted by molar-refractivity contribution is 7.89. The number of carbonyl (C=O) groups is 1. The largest absolute Gasteiger partial charge is 0.496 e. The summed E-state index contributed by atoms with van der Waals surface area (Å²) in [5, 5.41) is 2.88. The minimum absolute atomic E-state index is 0.0872. The van der Waals surface area contributed by atoms with Crippen LogP contribution in [0.5, 0.6) is 5.75 Å². The smallest absolute Gasteiger partial charge is 0.242 e. The van der Waals surface area contributed by atoms with Gasteiger partial charge in [0.15, 0.2) is 0 Å². The lowest BCUT2D eigenvalue weighted by atomic mass is 9.98. The van der Waals surface area contributed by atoms with E-state index in [-0.39, 0.29) is 10.8 Å². The van der Waals surface area contributed by atoms with Crippen molar-refractivity contribution in [1.82, 2.24) is 4.72 Å². The van der Waals surface area contributed by atoms with Crippen LogP contribution in [0, 0.1) is 13.8 Å². The van der Waals surface area contributed by atoms with E-state index < -0.39 is 22.0 Å². The van der Waals surface area contributed by atoms with Gasteiger partial charge in [-0.05, 0) is 61.6 Å². The summed E-state index contributed by atoms with van der Waals surface area (Å²) in [6, 6.07) is 9.45. The van der Waals surface area contributed by atoms with Crippen molar-refractivity contribution in [1.29, 1.82) is 0 Å². The number of carbonyl (C=O) groups excluding carboxylic acids is 1. The Morgan fingerprint density at radius 3 is 2.29 bits per heavy atom. The minimum Gasteiger partial charge on any atom is -0.496 e. The molecule has 0 fully saturated rings. The zero-order chi connectivity index (χ0) is 21.1. The molecule has 0 aliphatic carbocycles. The first kappa shape index (κ1) is 21.9. The molecular formula is C21H28N2O4S. The SMILES string of the molecule is COc1ccc(S(=O)(=O)N[C@@H](C)C(=O)Nc2c(C)cccc2C(C)C)cc1C. The Morgan fingerprint density at radius 2 is 1.71 bits per heavy atom. The molecule has 7 heteroatoms. The number of ether oxygens (including phenoxy) is 1. The molecule has 0 saturated carbocycles. The van der Waals surface area contributed by atoms with Crippen LogP contribution in [-0.4, -0.2) is 27.5 Å². The number of amides is 1. The van der Waals surface area contributed by atoms with E-state index in [0.29, 0.717) is 11.3 Å². The Kier molecular flexibility index (Phi) is 6.85. The summed E-state index contributed by atoms with van der Waals surface area (Å²) in [6.45, 7) is 9.29. The third-order valence-corrected chi connectivity index (χ3v) is 6.12. The number of hydrogen-bond acceptors (Lipinski definition) is 4. The monoisotopic (exact) mass is 404 g/mol. The van der Waals surface area contributed by atoms with Gasteiger partial charge in [0.05, 0.1) is 18.0 Å². The van der Waals surface area contributed by atoms with Gasteiger partial charge in [-0.1, -0.05) is 32.0 Å². The van der Waals surface area contributed by atoms with Gasteiger partial charge in [-0.3, -0.25) is 4.79 Å². The maximum Gasteiger partial charge on any atom is 0.242 e. The summed E-state index contributed by atoms with van der Waals surface area (Å²) in [5.74, 6) is 0.417. The van der Waals surface area contributed by atoms with E-state index in [9.17, 15) is 13.2 Å². The van der Waals surface area contributed by atoms with Crippen LogP contribution < -0.4 is 14.8 Å². The Bertz CT molecular complexity index is 968. The molecule has 0 saturated heterocycles. The van der Waals surface area contributed by atoms with Gasteiger partial charge in [0.1, 0.15) is 5.75 Å². The third-order valence-electron chi connectivity index (χ3n) is 4.58. The second kappa shape index (κ2) is 8.75. The summed E-state index contributed by atoms with van der Waals surface area (Å²) < 4.78 is 32.9. The first-order chi connectivity index (χ1) is 13.1. The molecular weight excluding hydrogens is 376 g/mol. The van der Waals surface area contributed by atoms with Gasteiger partial charge < -0.3 is 10.1 Å². The number of aryl methyl sites for hydroxylation is 2. The van der Waals surface area contributed by atoms with Gasteiger partial charge in [-0.25, -0.2) is 8.42 Å². The third kappa shape index (κ3) is 4.91. The number of rotatable bonds is 7. The molecule has 28 heavy (non-hydrogen) atoms. The summed E-state index contributed by atoms with van der Waals surface area (Å²) in [6.07, 6.45) is 0. The predicted octanol–water partition coefficient (Wildman–Crippen LogP) is 3.74. The second-order valence-corrected chi connectivity index (χ2v) is 8.87. The van der Waals surface area contributed by atoms with Gasteiger partial charge in [-0.2, -0.15) is 4.72 Å². The van der Waals surface area contributed by atoms with Crippen molar-refractivity contribution in [3.8, 4) is 5.75 Å². The average Bonchev–Trinajstić information content (AvgIpc) is 2.62. The summed E-state index contributed by atoms with van der Waals surface area (Å²) in [5.41, 5.74) is 3.37. The molecule has 0 spiro atoms. The Balaban J connectivity index is 2.20. The first-order valence-corrected chi connectivity index (χ1v) is 10.6. The van der Waals surface area contributed by atoms with Crippen LogP contribution in [0.2, 0.25) is 0 Å². The van der Waals surface area contributed by atoms with Crippen LogP contribution in [0.25, 0.3) is 0 Å². The van der Waals surface area contributed by atoms with Crippen molar-refractivity contribution in [3.05, 3.63) is 53.1 Å². The highest BCUT2D eigenvalue weighted by atomic mass is 32.2. The Labute approximate surface area is 167 Å². The number of para-hydroxylation sites is 1. The van der Waals surface area contributed by atoms with Crippen molar-refractivity contribution < 1.29 is 17.9 Å². The molecule has 2 aromatic carbocycles. The van der Waals surface area contributed by atoms with Crippen LogP contribution in [-0.2, 0) is 14.8 Å². The molecule has 0 unspecified atom stereocenters. The summed E-state index contributed by atoms with van der Waals surface area (Å²) in [4.78, 5) is 12.7. The number of hydrogen-bond donors (Lipinski definition) is 2. The number of benzene rings is 2. The Morgan fingerprint density at radius 1 is 1.04 bits per heavy atom. The van der Waals surface area contributed by atoms with Crippen molar-refractivity contribution in [2.24, 2.45) is 0 Å². The van der Waals surface area contributed by atoms with Crippen molar-refractivity contribution >= 4 is 21.6 Å². The predicted molar refractivity (Wildman–Crippen MR) is 111 cm³/mol. The maximum atomic E-state index is 12.7. The maximum absolute atomic E-state index is 12.7. The molecule has 0 heterocycles. The Hall–Kier alpha value is -2.38. The lowest BCUT2D eigenvalue weighted by molar-refractivity contribution is -0.117. The molecule has 6 nitrogen and oxygen atoms in total. The van der Waals surface area contributed by atoms with E-state index in [1.807, 2.05) is 39.0 Å². The quantitative estimate of drug-likeness (QED) is 0.736. The van der Waals surface area contributed by atoms with E-state index in [0.717, 1.165) is 16.8 Å². The van der Waals surface area contributed by atoms with E-state index in [4.69, 9.17) is 4.74 Å². The fraction of sp³-hybridized carbons (Fsp3) is 0.381. The van der Waals surface area contributed by atoms with E-state index >= 15 is 0 Å². The van der Waals surface area contributed by atoms with Crippen LogP contribution in [0.15, 0.2) is 41.3 Å². The lowest BCUT2D eigenvalue weighted by Crippen LogP contribution is -2.41. The van der Waals surface area contributed by atoms with Crippen LogP contribution >= 0.6 is 0 Å². The van der Waals surface area contributed by atoms with Crippen LogP contribution in [0.4, 0.5) is 5.69 Å². The molecule has 0 aliphatic heterocycles. The molecule has 1 amide bonds. The van der Waals surface area contributed by atoms with Gasteiger partial charge >= 0.3 is 0 Å².